The van der Waals surface area contributed by atoms with Crippen molar-refractivity contribution in [3.63, 3.8) is 0 Å². The molecule has 0 amide bonds. The Bertz CT molecular complexity index is 519. The van der Waals surface area contributed by atoms with E-state index in [2.05, 4.69) is 0 Å². The SMILES string of the molecule is Cc1cc(C)cc(C(=O)CC2(CC(=O)O)CCCCC2)c1. The molecule has 3 heteroatoms. The van der Waals surface area contributed by atoms with E-state index >= 15 is 0 Å². The molecule has 1 aromatic carbocycles. The molecular weight excluding hydrogens is 264 g/mol. The number of Topliss-reactive ketones (excluding diaryl/α,β-unsaturated/α-hetero) is 1. The lowest BCUT2D eigenvalue weighted by atomic mass is 9.68. The zero-order chi connectivity index (χ0) is 15.5. The highest BCUT2D eigenvalue weighted by Crippen LogP contribution is 2.43. The van der Waals surface area contributed by atoms with Gasteiger partial charge in [-0.05, 0) is 44.2 Å². The van der Waals surface area contributed by atoms with Gasteiger partial charge in [0.05, 0.1) is 6.42 Å². The summed E-state index contributed by atoms with van der Waals surface area (Å²) in [6.07, 6.45) is 5.41. The van der Waals surface area contributed by atoms with Gasteiger partial charge in [0, 0.05) is 12.0 Å². The predicted molar refractivity (Wildman–Crippen MR) is 82.6 cm³/mol. The van der Waals surface area contributed by atoms with Crippen LogP contribution in [0.25, 0.3) is 0 Å². The van der Waals surface area contributed by atoms with Crippen LogP contribution in [0.4, 0.5) is 0 Å². The quantitative estimate of drug-likeness (QED) is 0.822. The van der Waals surface area contributed by atoms with E-state index in [1.807, 2.05) is 32.0 Å². The van der Waals surface area contributed by atoms with E-state index < -0.39 is 5.97 Å². The van der Waals surface area contributed by atoms with Crippen LogP contribution in [0, 0.1) is 19.3 Å². The van der Waals surface area contributed by atoms with Crippen LogP contribution in [-0.4, -0.2) is 16.9 Å². The predicted octanol–water partition coefficient (Wildman–Crippen LogP) is 4.30. The summed E-state index contributed by atoms with van der Waals surface area (Å²) < 4.78 is 0. The van der Waals surface area contributed by atoms with Crippen molar-refractivity contribution in [1.82, 2.24) is 0 Å². The van der Waals surface area contributed by atoms with Gasteiger partial charge in [0.1, 0.15) is 0 Å². The largest absolute Gasteiger partial charge is 0.481 e. The van der Waals surface area contributed by atoms with Crippen molar-refractivity contribution in [1.29, 1.82) is 0 Å². The molecule has 114 valence electrons. The average molecular weight is 288 g/mol. The molecule has 0 unspecified atom stereocenters. The first-order valence-corrected chi connectivity index (χ1v) is 7.74. The minimum atomic E-state index is -0.787. The van der Waals surface area contributed by atoms with Gasteiger partial charge in [0.25, 0.3) is 0 Å². The van der Waals surface area contributed by atoms with Crippen molar-refractivity contribution in [3.05, 3.63) is 34.9 Å². The van der Waals surface area contributed by atoms with Crippen LogP contribution in [0.3, 0.4) is 0 Å². The normalized spacial score (nSPS) is 17.4. The first kappa shape index (κ1) is 15.7. The summed E-state index contributed by atoms with van der Waals surface area (Å²) in [5, 5.41) is 9.19. The summed E-state index contributed by atoms with van der Waals surface area (Å²) in [7, 11) is 0. The van der Waals surface area contributed by atoms with E-state index in [0.717, 1.165) is 48.8 Å². The second-order valence-corrected chi connectivity index (χ2v) is 6.61. The molecule has 0 aliphatic heterocycles. The Morgan fingerprint density at radius 2 is 1.57 bits per heavy atom. The number of rotatable bonds is 5. The van der Waals surface area contributed by atoms with Gasteiger partial charge in [-0.15, -0.1) is 0 Å². The highest BCUT2D eigenvalue weighted by Gasteiger charge is 2.36. The minimum absolute atomic E-state index is 0.0879. The summed E-state index contributed by atoms with van der Waals surface area (Å²) in [6.45, 7) is 3.97. The van der Waals surface area contributed by atoms with E-state index in [4.69, 9.17) is 0 Å². The number of carboxylic acids is 1. The fraction of sp³-hybridized carbons (Fsp3) is 0.556. The summed E-state index contributed by atoms with van der Waals surface area (Å²) >= 11 is 0. The third-order valence-electron chi connectivity index (χ3n) is 4.52. The van der Waals surface area contributed by atoms with Gasteiger partial charge in [-0.2, -0.15) is 0 Å². The molecule has 2 rings (SSSR count). The van der Waals surface area contributed by atoms with Crippen LogP contribution in [0.2, 0.25) is 0 Å². The van der Waals surface area contributed by atoms with Crippen molar-refractivity contribution in [2.75, 3.05) is 0 Å². The lowest BCUT2D eigenvalue weighted by Crippen LogP contribution is -2.30. The van der Waals surface area contributed by atoms with Crippen molar-refractivity contribution in [2.24, 2.45) is 5.41 Å². The Labute approximate surface area is 126 Å². The number of benzene rings is 1. The topological polar surface area (TPSA) is 54.4 Å². The van der Waals surface area contributed by atoms with Gasteiger partial charge >= 0.3 is 5.97 Å². The lowest BCUT2D eigenvalue weighted by Gasteiger charge is -2.35. The maximum absolute atomic E-state index is 12.6. The van der Waals surface area contributed by atoms with E-state index in [1.54, 1.807) is 0 Å². The second kappa shape index (κ2) is 6.42. The van der Waals surface area contributed by atoms with Crippen LogP contribution >= 0.6 is 0 Å². The zero-order valence-electron chi connectivity index (χ0n) is 12.9. The van der Waals surface area contributed by atoms with E-state index in [-0.39, 0.29) is 17.6 Å². The third-order valence-corrected chi connectivity index (χ3v) is 4.52. The number of aryl methyl sites for hydroxylation is 2. The Kier molecular flexibility index (Phi) is 4.81. The number of aliphatic carboxylic acids is 1. The molecular formula is C18H24O3. The smallest absolute Gasteiger partial charge is 0.303 e. The van der Waals surface area contributed by atoms with Crippen LogP contribution in [0.1, 0.15) is 66.4 Å². The molecule has 1 N–H and O–H groups in total. The first-order valence-electron chi connectivity index (χ1n) is 7.74. The maximum Gasteiger partial charge on any atom is 0.303 e. The van der Waals surface area contributed by atoms with Crippen LogP contribution in [0.5, 0.6) is 0 Å². The molecule has 3 nitrogen and oxygen atoms in total. The molecule has 1 aliphatic rings. The van der Waals surface area contributed by atoms with Crippen molar-refractivity contribution < 1.29 is 14.7 Å². The van der Waals surface area contributed by atoms with Crippen molar-refractivity contribution in [2.45, 2.75) is 58.8 Å². The number of carbonyl (C=O) groups is 2. The number of carboxylic acid groups (broad SMARTS) is 1. The molecule has 0 spiro atoms. The Balaban J connectivity index is 2.19. The van der Waals surface area contributed by atoms with E-state index in [1.165, 1.54) is 0 Å². The minimum Gasteiger partial charge on any atom is -0.481 e. The van der Waals surface area contributed by atoms with Crippen LogP contribution < -0.4 is 0 Å². The molecule has 0 heterocycles. The molecule has 1 aliphatic carbocycles. The van der Waals surface area contributed by atoms with Crippen molar-refractivity contribution in [3.8, 4) is 0 Å². The summed E-state index contributed by atoms with van der Waals surface area (Å²) in [4.78, 5) is 23.8. The monoisotopic (exact) mass is 288 g/mol. The van der Waals surface area contributed by atoms with Gasteiger partial charge < -0.3 is 5.11 Å². The van der Waals surface area contributed by atoms with Crippen molar-refractivity contribution >= 4 is 11.8 Å². The van der Waals surface area contributed by atoms with E-state index in [0.29, 0.717) is 6.42 Å². The second-order valence-electron chi connectivity index (χ2n) is 6.61. The van der Waals surface area contributed by atoms with Gasteiger partial charge in [-0.1, -0.05) is 36.5 Å². The fourth-order valence-corrected chi connectivity index (χ4v) is 3.62. The van der Waals surface area contributed by atoms with Crippen LogP contribution in [0.15, 0.2) is 18.2 Å². The maximum atomic E-state index is 12.6. The molecule has 0 aromatic heterocycles. The highest BCUT2D eigenvalue weighted by molar-refractivity contribution is 5.97. The first-order chi connectivity index (χ1) is 9.90. The Morgan fingerprint density at radius 1 is 1.00 bits per heavy atom. The third kappa shape index (κ3) is 4.16. The van der Waals surface area contributed by atoms with Gasteiger partial charge in [-0.3, -0.25) is 9.59 Å². The molecule has 1 fully saturated rings. The Hall–Kier alpha value is -1.64. The summed E-state index contributed by atoms with van der Waals surface area (Å²) in [5.74, 6) is -0.699. The van der Waals surface area contributed by atoms with Gasteiger partial charge in [0.2, 0.25) is 0 Å². The standard InChI is InChI=1S/C18H24O3/c1-13-8-14(2)10-15(9-13)16(19)11-18(12-17(20)21)6-4-3-5-7-18/h8-10H,3-7,11-12H2,1-2H3,(H,20,21). The number of carbonyl (C=O) groups excluding carboxylic acids is 1. The number of ketones is 1. The molecule has 0 saturated heterocycles. The Morgan fingerprint density at radius 3 is 2.10 bits per heavy atom. The molecule has 0 radical (unpaired) electrons. The van der Waals surface area contributed by atoms with E-state index in [9.17, 15) is 14.7 Å². The molecule has 0 atom stereocenters. The average Bonchev–Trinajstić information content (AvgIpc) is 2.37. The highest BCUT2D eigenvalue weighted by atomic mass is 16.4. The fourth-order valence-electron chi connectivity index (χ4n) is 3.62. The lowest BCUT2D eigenvalue weighted by molar-refractivity contribution is -0.140. The number of hydrogen-bond acceptors (Lipinski definition) is 2. The van der Waals surface area contributed by atoms with Crippen LogP contribution in [-0.2, 0) is 4.79 Å². The molecule has 1 saturated carbocycles. The summed E-state index contributed by atoms with van der Waals surface area (Å²) in [5.41, 5.74) is 2.55. The number of hydrogen-bond donors (Lipinski definition) is 1. The van der Waals surface area contributed by atoms with Gasteiger partial charge in [-0.25, -0.2) is 0 Å². The zero-order valence-corrected chi connectivity index (χ0v) is 12.9. The van der Waals surface area contributed by atoms with Gasteiger partial charge in [0.15, 0.2) is 5.78 Å². The molecule has 21 heavy (non-hydrogen) atoms. The molecule has 0 bridgehead atoms. The molecule has 1 aromatic rings. The summed E-state index contributed by atoms with van der Waals surface area (Å²) in [6, 6.07) is 5.86.